The Kier molecular flexibility index (Phi) is 17.0. The van der Waals surface area contributed by atoms with E-state index in [4.69, 9.17) is 14.2 Å². The van der Waals surface area contributed by atoms with Crippen molar-refractivity contribution in [3.8, 4) is 17.0 Å². The van der Waals surface area contributed by atoms with Crippen molar-refractivity contribution in [2.75, 3.05) is 19.8 Å². The lowest BCUT2D eigenvalue weighted by Crippen LogP contribution is -2.32. The number of pyridine rings is 1. The van der Waals surface area contributed by atoms with Crippen molar-refractivity contribution >= 4 is 0 Å². The maximum Gasteiger partial charge on any atom is 0.165 e. The maximum absolute atomic E-state index is 14.6. The van der Waals surface area contributed by atoms with E-state index < -0.39 is 0 Å². The molecule has 0 atom stereocenters. The fourth-order valence-corrected chi connectivity index (χ4v) is 5.53. The topological polar surface area (TPSA) is 40.6 Å². The van der Waals surface area contributed by atoms with E-state index in [1.165, 1.54) is 96.0 Å². The molecule has 1 aliphatic rings. The highest BCUT2D eigenvalue weighted by atomic mass is 19.1. The van der Waals surface area contributed by atoms with Crippen LogP contribution in [0.3, 0.4) is 0 Å². The first-order valence-corrected chi connectivity index (χ1v) is 16.8. The highest BCUT2D eigenvalue weighted by molar-refractivity contribution is 5.60. The molecule has 2 heterocycles. The summed E-state index contributed by atoms with van der Waals surface area (Å²) in [6.07, 6.45) is 24.1. The zero-order valence-electron chi connectivity index (χ0n) is 26.0. The van der Waals surface area contributed by atoms with Gasteiger partial charge >= 0.3 is 0 Å². The SMILES string of the molecule is CCCCCCCCCCCC[C@H]1CO[C@H](CCc2ccc(-c3ccc(OCCCCCCC)c(F)c3)nc2)OC1. The molecule has 2 aromatic rings. The van der Waals surface area contributed by atoms with Crippen LogP contribution in [0.2, 0.25) is 0 Å². The van der Waals surface area contributed by atoms with Gasteiger partial charge in [0.25, 0.3) is 0 Å². The summed E-state index contributed by atoms with van der Waals surface area (Å²) in [5.41, 5.74) is 2.66. The van der Waals surface area contributed by atoms with Crippen molar-refractivity contribution in [1.82, 2.24) is 4.98 Å². The molecule has 1 aromatic carbocycles. The van der Waals surface area contributed by atoms with E-state index in [1.54, 1.807) is 6.07 Å². The lowest BCUT2D eigenvalue weighted by Gasteiger charge is -2.29. The van der Waals surface area contributed by atoms with E-state index in [0.29, 0.717) is 18.3 Å². The van der Waals surface area contributed by atoms with E-state index in [-0.39, 0.29) is 12.1 Å². The van der Waals surface area contributed by atoms with Gasteiger partial charge in [0, 0.05) is 24.1 Å². The van der Waals surface area contributed by atoms with Crippen LogP contribution in [0.1, 0.15) is 129 Å². The predicted octanol–water partition coefficient (Wildman–Crippen LogP) is 10.5. The second-order valence-electron chi connectivity index (χ2n) is 11.9. The van der Waals surface area contributed by atoms with Crippen LogP contribution in [0.4, 0.5) is 4.39 Å². The van der Waals surface area contributed by atoms with Gasteiger partial charge in [0.1, 0.15) is 0 Å². The quantitative estimate of drug-likeness (QED) is 0.132. The molecule has 0 N–H and O–H groups in total. The van der Waals surface area contributed by atoms with Crippen molar-refractivity contribution in [3.05, 3.63) is 47.9 Å². The van der Waals surface area contributed by atoms with Crippen LogP contribution < -0.4 is 4.74 Å². The Labute approximate surface area is 249 Å². The number of unbranched alkanes of at least 4 members (excludes halogenated alkanes) is 13. The monoisotopic (exact) mass is 569 g/mol. The number of nitrogens with zero attached hydrogens (tertiary/aromatic N) is 1. The molecule has 0 amide bonds. The van der Waals surface area contributed by atoms with Crippen LogP contribution in [-0.2, 0) is 15.9 Å². The Bertz CT molecular complexity index is 927. The molecule has 1 fully saturated rings. The van der Waals surface area contributed by atoms with Gasteiger partial charge in [0.2, 0.25) is 0 Å². The number of halogens is 1. The smallest absolute Gasteiger partial charge is 0.165 e. The number of ether oxygens (including phenoxy) is 3. The molecule has 3 rings (SSSR count). The molecule has 0 radical (unpaired) electrons. The molecule has 230 valence electrons. The summed E-state index contributed by atoms with van der Waals surface area (Å²) in [5, 5.41) is 0. The first-order chi connectivity index (χ1) is 20.2. The first-order valence-electron chi connectivity index (χ1n) is 16.8. The van der Waals surface area contributed by atoms with Gasteiger partial charge in [0.15, 0.2) is 17.9 Å². The molecule has 0 spiro atoms. The lowest BCUT2D eigenvalue weighted by atomic mass is 10.0. The van der Waals surface area contributed by atoms with Crippen molar-refractivity contribution in [2.45, 2.75) is 136 Å². The Morgan fingerprint density at radius 3 is 2.00 bits per heavy atom. The van der Waals surface area contributed by atoms with Gasteiger partial charge in [-0.1, -0.05) is 110 Å². The van der Waals surface area contributed by atoms with E-state index in [2.05, 4.69) is 24.9 Å². The first kappa shape index (κ1) is 33.5. The van der Waals surface area contributed by atoms with Crippen molar-refractivity contribution < 1.29 is 18.6 Å². The maximum atomic E-state index is 14.6. The van der Waals surface area contributed by atoms with Crippen molar-refractivity contribution in [2.24, 2.45) is 5.92 Å². The standard InChI is InChI=1S/C36H56FNO3/c1-3-5-7-9-10-11-12-13-14-16-18-31-28-40-36(41-29-31)24-20-30-19-22-34(38-27-30)32-21-23-35(33(37)26-32)39-25-17-15-8-6-4-2/h19,21-23,26-27,31,36H,3-18,20,24-25,28-29H2,1-2H3/t31-,36-. The van der Waals surface area contributed by atoms with Crippen molar-refractivity contribution in [1.29, 1.82) is 0 Å². The minimum Gasteiger partial charge on any atom is -0.491 e. The highest BCUT2D eigenvalue weighted by Crippen LogP contribution is 2.26. The molecular formula is C36H56FNO3. The second-order valence-corrected chi connectivity index (χ2v) is 11.9. The van der Waals surface area contributed by atoms with Crippen LogP contribution >= 0.6 is 0 Å². The minimum atomic E-state index is -0.333. The molecule has 0 saturated carbocycles. The number of aromatic nitrogens is 1. The second kappa shape index (κ2) is 20.8. The zero-order valence-corrected chi connectivity index (χ0v) is 26.0. The number of hydrogen-bond donors (Lipinski definition) is 0. The Balaban J connectivity index is 1.26. The molecule has 1 aliphatic heterocycles. The summed E-state index contributed by atoms with van der Waals surface area (Å²) in [7, 11) is 0. The molecule has 41 heavy (non-hydrogen) atoms. The van der Waals surface area contributed by atoms with Gasteiger partial charge < -0.3 is 14.2 Å². The summed E-state index contributed by atoms with van der Waals surface area (Å²) in [6.45, 7) is 6.65. The van der Waals surface area contributed by atoms with E-state index in [0.717, 1.165) is 55.7 Å². The van der Waals surface area contributed by atoms with Crippen LogP contribution in [0.15, 0.2) is 36.5 Å². The van der Waals surface area contributed by atoms with E-state index in [9.17, 15) is 4.39 Å². The van der Waals surface area contributed by atoms with Gasteiger partial charge in [0.05, 0.1) is 25.5 Å². The third-order valence-corrected chi connectivity index (χ3v) is 8.23. The Morgan fingerprint density at radius 1 is 0.756 bits per heavy atom. The average molecular weight is 570 g/mol. The van der Waals surface area contributed by atoms with Gasteiger partial charge in [-0.2, -0.15) is 0 Å². The molecule has 4 nitrogen and oxygen atoms in total. The van der Waals surface area contributed by atoms with Crippen molar-refractivity contribution in [3.63, 3.8) is 0 Å². The molecule has 5 heteroatoms. The van der Waals surface area contributed by atoms with Gasteiger partial charge in [-0.25, -0.2) is 4.39 Å². The van der Waals surface area contributed by atoms with Gasteiger partial charge in [-0.3, -0.25) is 4.98 Å². The molecule has 1 saturated heterocycles. The lowest BCUT2D eigenvalue weighted by molar-refractivity contribution is -0.203. The third kappa shape index (κ3) is 13.7. The normalized spacial score (nSPS) is 17.1. The molecule has 0 aliphatic carbocycles. The van der Waals surface area contributed by atoms with Crippen LogP contribution in [0.25, 0.3) is 11.3 Å². The van der Waals surface area contributed by atoms with E-state index in [1.807, 2.05) is 18.3 Å². The Hall–Kier alpha value is -1.98. The largest absolute Gasteiger partial charge is 0.491 e. The summed E-state index contributed by atoms with van der Waals surface area (Å²) in [4.78, 5) is 4.59. The summed E-state index contributed by atoms with van der Waals surface area (Å²) in [6, 6.07) is 9.15. The number of rotatable bonds is 22. The van der Waals surface area contributed by atoms with Crippen LogP contribution in [0.5, 0.6) is 5.75 Å². The Morgan fingerprint density at radius 2 is 1.39 bits per heavy atom. The van der Waals surface area contributed by atoms with Gasteiger partial charge in [-0.15, -0.1) is 0 Å². The molecular weight excluding hydrogens is 513 g/mol. The van der Waals surface area contributed by atoms with Crippen LogP contribution in [0, 0.1) is 11.7 Å². The zero-order chi connectivity index (χ0) is 29.0. The minimum absolute atomic E-state index is 0.132. The third-order valence-electron chi connectivity index (χ3n) is 8.23. The summed E-state index contributed by atoms with van der Waals surface area (Å²) >= 11 is 0. The molecule has 0 unspecified atom stereocenters. The summed E-state index contributed by atoms with van der Waals surface area (Å²) in [5.74, 6) is 0.517. The number of benzene rings is 1. The molecule has 1 aromatic heterocycles. The average Bonchev–Trinajstić information content (AvgIpc) is 3.00. The predicted molar refractivity (Wildman–Crippen MR) is 168 cm³/mol. The van der Waals surface area contributed by atoms with Gasteiger partial charge in [-0.05, 0) is 49.1 Å². The number of aryl methyl sites for hydroxylation is 1. The van der Waals surface area contributed by atoms with Crippen LogP contribution in [-0.4, -0.2) is 31.1 Å². The fourth-order valence-electron chi connectivity index (χ4n) is 5.53. The fraction of sp³-hybridized carbons (Fsp3) is 0.694. The molecule has 0 bridgehead atoms. The number of hydrogen-bond acceptors (Lipinski definition) is 4. The van der Waals surface area contributed by atoms with E-state index >= 15 is 0 Å². The highest BCUT2D eigenvalue weighted by Gasteiger charge is 2.21. The summed E-state index contributed by atoms with van der Waals surface area (Å²) < 4.78 is 32.3.